The smallest absolute Gasteiger partial charge is 0.226 e. The molecule has 0 radical (unpaired) electrons. The van der Waals surface area contributed by atoms with Crippen molar-refractivity contribution in [2.75, 3.05) is 37.7 Å². The van der Waals surface area contributed by atoms with Crippen LogP contribution in [-0.4, -0.2) is 48.7 Å². The van der Waals surface area contributed by atoms with Crippen molar-refractivity contribution >= 4 is 23.3 Å². The summed E-state index contributed by atoms with van der Waals surface area (Å²) in [5.41, 5.74) is 2.09. The van der Waals surface area contributed by atoms with Gasteiger partial charge in [-0.25, -0.2) is 4.98 Å². The summed E-state index contributed by atoms with van der Waals surface area (Å²) in [6.07, 6.45) is 4.21. The first-order valence-corrected chi connectivity index (χ1v) is 9.54. The van der Waals surface area contributed by atoms with Crippen molar-refractivity contribution in [3.63, 3.8) is 0 Å². The number of rotatable bonds is 6. The van der Waals surface area contributed by atoms with Gasteiger partial charge in [0.05, 0.1) is 31.0 Å². The third kappa shape index (κ3) is 4.22. The van der Waals surface area contributed by atoms with Crippen molar-refractivity contribution in [3.8, 4) is 0 Å². The molecule has 1 amide bonds. The number of aromatic nitrogens is 2. The number of carbonyl (C=O) groups excluding carboxylic acids is 1. The Labute approximate surface area is 163 Å². The Bertz CT molecular complexity index is 834. The van der Waals surface area contributed by atoms with Crippen molar-refractivity contribution < 1.29 is 9.53 Å². The number of hydrogen-bond donors (Lipinski definition) is 1. The summed E-state index contributed by atoms with van der Waals surface area (Å²) in [6, 6.07) is 7.76. The first kappa shape index (κ1) is 18.2. The molecule has 27 heavy (non-hydrogen) atoms. The van der Waals surface area contributed by atoms with Crippen LogP contribution in [0.15, 0.2) is 36.7 Å². The van der Waals surface area contributed by atoms with Crippen LogP contribution in [0.25, 0.3) is 0 Å². The van der Waals surface area contributed by atoms with Crippen molar-refractivity contribution in [2.24, 2.45) is 11.3 Å². The summed E-state index contributed by atoms with van der Waals surface area (Å²) in [6.45, 7) is 5.60. The minimum atomic E-state index is 0.00739. The molecule has 0 spiro atoms. The van der Waals surface area contributed by atoms with Crippen LogP contribution in [0.3, 0.4) is 0 Å². The molecule has 3 heterocycles. The number of benzene rings is 1. The number of nitrogens with one attached hydrogen (secondary N) is 1. The number of ether oxygens (including phenoxy) is 1. The molecular formula is C20H23ClN4O2. The van der Waals surface area contributed by atoms with Gasteiger partial charge in [-0.3, -0.25) is 9.78 Å². The number of halogens is 1. The van der Waals surface area contributed by atoms with Gasteiger partial charge in [-0.05, 0) is 17.7 Å². The molecule has 0 atom stereocenters. The maximum Gasteiger partial charge on any atom is 0.226 e. The van der Waals surface area contributed by atoms with E-state index in [9.17, 15) is 4.79 Å². The van der Waals surface area contributed by atoms with Gasteiger partial charge in [0.15, 0.2) is 0 Å². The number of amides is 1. The van der Waals surface area contributed by atoms with Crippen LogP contribution in [0, 0.1) is 11.3 Å². The van der Waals surface area contributed by atoms with Crippen molar-refractivity contribution in [3.05, 3.63) is 52.9 Å². The number of anilines is 1. The lowest BCUT2D eigenvalue weighted by molar-refractivity contribution is -0.131. The first-order valence-electron chi connectivity index (χ1n) is 9.17. The van der Waals surface area contributed by atoms with Gasteiger partial charge in [-0.2, -0.15) is 0 Å². The van der Waals surface area contributed by atoms with E-state index in [1.54, 1.807) is 12.4 Å². The average molecular weight is 387 g/mol. The highest BCUT2D eigenvalue weighted by Crippen LogP contribution is 2.26. The third-order valence-corrected chi connectivity index (χ3v) is 5.35. The highest BCUT2D eigenvalue weighted by atomic mass is 35.5. The van der Waals surface area contributed by atoms with Gasteiger partial charge in [-0.1, -0.05) is 30.7 Å². The molecule has 0 saturated carbocycles. The monoisotopic (exact) mass is 386 g/mol. The largest absolute Gasteiger partial charge is 0.380 e. The Morgan fingerprint density at radius 2 is 2.19 bits per heavy atom. The van der Waals surface area contributed by atoms with Gasteiger partial charge in [0.25, 0.3) is 0 Å². The van der Waals surface area contributed by atoms with Gasteiger partial charge in [-0.15, -0.1) is 0 Å². The molecule has 2 aromatic rings. The van der Waals surface area contributed by atoms with E-state index >= 15 is 0 Å². The standard InChI is InChI=1S/C20H23ClN4O2/c1-20(12-27-13-20)11-23-19(26)15-9-25(10-15)18-8-22-7-17(24-18)6-14-3-2-4-16(21)5-14/h2-5,7-8,15H,6,9-13H2,1H3,(H,23,26). The van der Waals surface area contributed by atoms with E-state index in [2.05, 4.69) is 22.1 Å². The van der Waals surface area contributed by atoms with Gasteiger partial charge >= 0.3 is 0 Å². The molecule has 6 nitrogen and oxygen atoms in total. The zero-order valence-electron chi connectivity index (χ0n) is 15.3. The van der Waals surface area contributed by atoms with Crippen molar-refractivity contribution in [1.29, 1.82) is 0 Å². The Kier molecular flexibility index (Phi) is 5.02. The third-order valence-electron chi connectivity index (χ3n) is 5.11. The maximum absolute atomic E-state index is 12.3. The van der Waals surface area contributed by atoms with E-state index in [4.69, 9.17) is 21.3 Å². The predicted octanol–water partition coefficient (Wildman–Crippen LogP) is 2.31. The van der Waals surface area contributed by atoms with E-state index in [0.717, 1.165) is 35.3 Å². The zero-order chi connectivity index (χ0) is 18.9. The predicted molar refractivity (Wildman–Crippen MR) is 104 cm³/mol. The molecule has 2 saturated heterocycles. The summed E-state index contributed by atoms with van der Waals surface area (Å²) in [7, 11) is 0. The molecule has 1 aromatic carbocycles. The minimum Gasteiger partial charge on any atom is -0.380 e. The lowest BCUT2D eigenvalue weighted by Crippen LogP contribution is -2.56. The van der Waals surface area contributed by atoms with Gasteiger partial charge < -0.3 is 15.0 Å². The van der Waals surface area contributed by atoms with Gasteiger partial charge in [0.2, 0.25) is 5.91 Å². The summed E-state index contributed by atoms with van der Waals surface area (Å²) < 4.78 is 5.22. The Balaban J connectivity index is 1.30. The van der Waals surface area contributed by atoms with Crippen LogP contribution in [-0.2, 0) is 16.0 Å². The first-order chi connectivity index (χ1) is 13.0. The molecule has 142 valence electrons. The molecule has 1 N–H and O–H groups in total. The fourth-order valence-electron chi connectivity index (χ4n) is 3.32. The van der Waals surface area contributed by atoms with E-state index in [0.29, 0.717) is 26.1 Å². The second kappa shape index (κ2) is 7.44. The molecule has 2 aliphatic heterocycles. The second-order valence-corrected chi connectivity index (χ2v) is 8.23. The topological polar surface area (TPSA) is 67.4 Å². The SMILES string of the molecule is CC1(CNC(=O)C2CN(c3cncc(Cc4cccc(Cl)c4)n3)C2)COC1. The molecular weight excluding hydrogens is 364 g/mol. The fourth-order valence-corrected chi connectivity index (χ4v) is 3.53. The highest BCUT2D eigenvalue weighted by molar-refractivity contribution is 6.30. The molecule has 2 fully saturated rings. The van der Waals surface area contributed by atoms with Gasteiger partial charge in [0.1, 0.15) is 5.82 Å². The van der Waals surface area contributed by atoms with Crippen LogP contribution < -0.4 is 10.2 Å². The molecule has 1 aromatic heterocycles. The quantitative estimate of drug-likeness (QED) is 0.825. The Morgan fingerprint density at radius 3 is 2.89 bits per heavy atom. The normalized spacial score (nSPS) is 18.5. The summed E-state index contributed by atoms with van der Waals surface area (Å²) in [4.78, 5) is 23.4. The van der Waals surface area contributed by atoms with Crippen LogP contribution in [0.2, 0.25) is 5.02 Å². The molecule has 0 bridgehead atoms. The Morgan fingerprint density at radius 1 is 1.37 bits per heavy atom. The van der Waals surface area contributed by atoms with Crippen molar-refractivity contribution in [2.45, 2.75) is 13.3 Å². The molecule has 2 aliphatic rings. The van der Waals surface area contributed by atoms with Crippen molar-refractivity contribution in [1.82, 2.24) is 15.3 Å². The molecule has 0 aliphatic carbocycles. The van der Waals surface area contributed by atoms with Crippen LogP contribution in [0.1, 0.15) is 18.2 Å². The molecule has 7 heteroatoms. The minimum absolute atomic E-state index is 0.00739. The Hall–Kier alpha value is -2.18. The number of hydrogen-bond acceptors (Lipinski definition) is 5. The lowest BCUT2D eigenvalue weighted by atomic mass is 9.88. The van der Waals surface area contributed by atoms with Gasteiger partial charge in [0, 0.05) is 42.7 Å². The van der Waals surface area contributed by atoms with E-state index < -0.39 is 0 Å². The maximum atomic E-state index is 12.3. The zero-order valence-corrected chi connectivity index (χ0v) is 16.1. The summed E-state index contributed by atoms with van der Waals surface area (Å²) in [5, 5.41) is 3.77. The number of carbonyl (C=O) groups is 1. The second-order valence-electron chi connectivity index (χ2n) is 7.80. The van der Waals surface area contributed by atoms with E-state index in [1.165, 1.54) is 0 Å². The van der Waals surface area contributed by atoms with E-state index in [-0.39, 0.29) is 17.2 Å². The molecule has 0 unspecified atom stereocenters. The highest BCUT2D eigenvalue weighted by Gasteiger charge is 2.37. The summed E-state index contributed by atoms with van der Waals surface area (Å²) >= 11 is 6.05. The summed E-state index contributed by atoms with van der Waals surface area (Å²) in [5.74, 6) is 0.938. The average Bonchev–Trinajstić information content (AvgIpc) is 2.57. The number of nitrogens with zero attached hydrogens (tertiary/aromatic N) is 3. The lowest BCUT2D eigenvalue weighted by Gasteiger charge is -2.41. The van der Waals surface area contributed by atoms with Crippen LogP contribution in [0.5, 0.6) is 0 Å². The fraction of sp³-hybridized carbons (Fsp3) is 0.450. The van der Waals surface area contributed by atoms with Crippen LogP contribution in [0.4, 0.5) is 5.82 Å². The molecule has 4 rings (SSSR count). The van der Waals surface area contributed by atoms with Crippen LogP contribution >= 0.6 is 11.6 Å². The van der Waals surface area contributed by atoms with E-state index in [1.807, 2.05) is 24.3 Å².